The van der Waals surface area contributed by atoms with Crippen molar-refractivity contribution in [2.75, 3.05) is 44.2 Å². The van der Waals surface area contributed by atoms with Gasteiger partial charge in [-0.2, -0.15) is 0 Å². The molecule has 2 rings (SSSR count). The minimum atomic E-state index is 0. The third-order valence-electron chi connectivity index (χ3n) is 4.77. The maximum atomic E-state index is 12.5. The molecule has 2 N–H and O–H groups in total. The van der Waals surface area contributed by atoms with Crippen LogP contribution in [0.2, 0.25) is 0 Å². The van der Waals surface area contributed by atoms with Crippen molar-refractivity contribution in [3.8, 4) is 0 Å². The molecular weight excluding hydrogens is 469 g/mol. The standard InChI is InChI=1S/C19H33N7O.HI/c1-5-20-18(24-16(4)15(2)3)21-10-7-17(27)25-11-13-26(14-12-25)19-22-8-6-9-23-19;/h6,8-9,15-16H,5,7,10-14H2,1-4H3,(H2,20,21,24);1H. The highest BCUT2D eigenvalue weighted by Crippen LogP contribution is 2.10. The molecule has 1 saturated heterocycles. The number of halogens is 1. The first kappa shape index (κ1) is 24.4. The second-order valence-electron chi connectivity index (χ2n) is 7.10. The number of hydrogen-bond acceptors (Lipinski definition) is 5. The summed E-state index contributed by atoms with van der Waals surface area (Å²) >= 11 is 0. The molecule has 1 aliphatic heterocycles. The zero-order valence-electron chi connectivity index (χ0n) is 17.4. The molecule has 1 unspecified atom stereocenters. The van der Waals surface area contributed by atoms with Gasteiger partial charge in [-0.3, -0.25) is 9.79 Å². The lowest BCUT2D eigenvalue weighted by molar-refractivity contribution is -0.131. The quantitative estimate of drug-likeness (QED) is 0.335. The number of rotatable bonds is 7. The predicted molar refractivity (Wildman–Crippen MR) is 124 cm³/mol. The van der Waals surface area contributed by atoms with Gasteiger partial charge in [0.1, 0.15) is 0 Å². The number of anilines is 1. The number of carbonyl (C=O) groups excluding carboxylic acids is 1. The summed E-state index contributed by atoms with van der Waals surface area (Å²) in [6.45, 7) is 12.7. The number of carbonyl (C=O) groups is 1. The second-order valence-corrected chi connectivity index (χ2v) is 7.10. The first-order chi connectivity index (χ1) is 13.0. The lowest BCUT2D eigenvalue weighted by Gasteiger charge is -2.34. The van der Waals surface area contributed by atoms with Crippen LogP contribution >= 0.6 is 24.0 Å². The Hall–Kier alpha value is -1.65. The molecular formula is C19H34IN7O. The third-order valence-corrected chi connectivity index (χ3v) is 4.77. The van der Waals surface area contributed by atoms with E-state index in [2.05, 4.69) is 51.3 Å². The molecule has 0 spiro atoms. The van der Waals surface area contributed by atoms with Crippen molar-refractivity contribution in [2.24, 2.45) is 10.9 Å². The van der Waals surface area contributed by atoms with Crippen LogP contribution in [0.4, 0.5) is 5.95 Å². The van der Waals surface area contributed by atoms with E-state index in [0.29, 0.717) is 38.0 Å². The number of nitrogens with one attached hydrogen (secondary N) is 2. The largest absolute Gasteiger partial charge is 0.357 e. The van der Waals surface area contributed by atoms with Crippen LogP contribution in [0.25, 0.3) is 0 Å². The Morgan fingerprint density at radius 2 is 1.82 bits per heavy atom. The molecule has 8 nitrogen and oxygen atoms in total. The van der Waals surface area contributed by atoms with Crippen LogP contribution < -0.4 is 15.5 Å². The predicted octanol–water partition coefficient (Wildman–Crippen LogP) is 1.73. The van der Waals surface area contributed by atoms with Crippen LogP contribution in [-0.2, 0) is 4.79 Å². The van der Waals surface area contributed by atoms with E-state index in [9.17, 15) is 4.79 Å². The normalized spacial score (nSPS) is 15.8. The van der Waals surface area contributed by atoms with Gasteiger partial charge in [-0.15, -0.1) is 24.0 Å². The van der Waals surface area contributed by atoms with Gasteiger partial charge in [0.2, 0.25) is 11.9 Å². The molecule has 1 atom stereocenters. The minimum Gasteiger partial charge on any atom is -0.357 e. The van der Waals surface area contributed by atoms with Gasteiger partial charge in [0.15, 0.2) is 5.96 Å². The van der Waals surface area contributed by atoms with Crippen molar-refractivity contribution < 1.29 is 4.79 Å². The van der Waals surface area contributed by atoms with Crippen LogP contribution in [0.15, 0.2) is 23.5 Å². The number of aliphatic imine (C=N–C) groups is 1. The van der Waals surface area contributed by atoms with Gasteiger partial charge in [0, 0.05) is 57.6 Å². The monoisotopic (exact) mass is 503 g/mol. The fraction of sp³-hybridized carbons (Fsp3) is 0.684. The van der Waals surface area contributed by atoms with Crippen LogP contribution in [-0.4, -0.2) is 72.0 Å². The van der Waals surface area contributed by atoms with E-state index < -0.39 is 0 Å². The fourth-order valence-electron chi connectivity index (χ4n) is 2.73. The van der Waals surface area contributed by atoms with Crippen LogP contribution in [0.5, 0.6) is 0 Å². The van der Waals surface area contributed by atoms with Crippen molar-refractivity contribution >= 4 is 41.8 Å². The number of amides is 1. The smallest absolute Gasteiger partial charge is 0.225 e. The van der Waals surface area contributed by atoms with E-state index in [-0.39, 0.29) is 29.9 Å². The summed E-state index contributed by atoms with van der Waals surface area (Å²) in [5.41, 5.74) is 0. The summed E-state index contributed by atoms with van der Waals surface area (Å²) in [4.78, 5) is 29.6. The van der Waals surface area contributed by atoms with Gasteiger partial charge in [0.25, 0.3) is 0 Å². The SMILES string of the molecule is CCNC(=NCCC(=O)N1CCN(c2ncccn2)CC1)NC(C)C(C)C.I. The molecule has 0 bridgehead atoms. The van der Waals surface area contributed by atoms with Gasteiger partial charge >= 0.3 is 0 Å². The molecule has 0 saturated carbocycles. The van der Waals surface area contributed by atoms with Crippen molar-refractivity contribution in [1.29, 1.82) is 0 Å². The summed E-state index contributed by atoms with van der Waals surface area (Å²) in [5, 5.41) is 6.63. The molecule has 0 aliphatic carbocycles. The average molecular weight is 503 g/mol. The highest BCUT2D eigenvalue weighted by molar-refractivity contribution is 14.0. The highest BCUT2D eigenvalue weighted by Gasteiger charge is 2.22. The number of piperazine rings is 1. The average Bonchev–Trinajstić information content (AvgIpc) is 2.68. The molecule has 1 aromatic rings. The van der Waals surface area contributed by atoms with Gasteiger partial charge in [-0.1, -0.05) is 13.8 Å². The Morgan fingerprint density at radius 1 is 1.18 bits per heavy atom. The van der Waals surface area contributed by atoms with E-state index in [1.54, 1.807) is 12.4 Å². The Kier molecular flexibility index (Phi) is 11.1. The Labute approximate surface area is 185 Å². The van der Waals surface area contributed by atoms with Gasteiger partial charge in [-0.05, 0) is 25.8 Å². The molecule has 1 fully saturated rings. The molecule has 1 amide bonds. The molecule has 1 aliphatic rings. The second kappa shape index (κ2) is 12.7. The van der Waals surface area contributed by atoms with Crippen molar-refractivity contribution in [3.05, 3.63) is 18.5 Å². The van der Waals surface area contributed by atoms with Crippen LogP contribution in [0.1, 0.15) is 34.1 Å². The lowest BCUT2D eigenvalue weighted by atomic mass is 10.1. The van der Waals surface area contributed by atoms with Crippen LogP contribution in [0.3, 0.4) is 0 Å². The number of guanidine groups is 1. The topological polar surface area (TPSA) is 85.8 Å². The maximum absolute atomic E-state index is 12.5. The zero-order valence-corrected chi connectivity index (χ0v) is 19.7. The first-order valence-electron chi connectivity index (χ1n) is 9.85. The van der Waals surface area contributed by atoms with E-state index in [1.165, 1.54) is 0 Å². The Bertz CT molecular complexity index is 604. The number of nitrogens with zero attached hydrogens (tertiary/aromatic N) is 5. The summed E-state index contributed by atoms with van der Waals surface area (Å²) in [6, 6.07) is 2.13. The Balaban J connectivity index is 0.00000392. The lowest BCUT2D eigenvalue weighted by Crippen LogP contribution is -2.49. The van der Waals surface area contributed by atoms with Crippen LogP contribution in [0, 0.1) is 5.92 Å². The fourth-order valence-corrected chi connectivity index (χ4v) is 2.73. The number of hydrogen-bond donors (Lipinski definition) is 2. The third kappa shape index (κ3) is 7.76. The summed E-state index contributed by atoms with van der Waals surface area (Å²) in [7, 11) is 0. The maximum Gasteiger partial charge on any atom is 0.225 e. The molecule has 158 valence electrons. The minimum absolute atomic E-state index is 0. The zero-order chi connectivity index (χ0) is 19.6. The summed E-state index contributed by atoms with van der Waals surface area (Å²) < 4.78 is 0. The Morgan fingerprint density at radius 3 is 2.39 bits per heavy atom. The van der Waals surface area contributed by atoms with Crippen molar-refractivity contribution in [1.82, 2.24) is 25.5 Å². The van der Waals surface area contributed by atoms with E-state index in [1.807, 2.05) is 17.9 Å². The molecule has 0 radical (unpaired) electrons. The van der Waals surface area contributed by atoms with Gasteiger partial charge in [-0.25, -0.2) is 9.97 Å². The molecule has 28 heavy (non-hydrogen) atoms. The van der Waals surface area contributed by atoms with E-state index in [0.717, 1.165) is 31.5 Å². The molecule has 9 heteroatoms. The van der Waals surface area contributed by atoms with Gasteiger partial charge < -0.3 is 20.4 Å². The van der Waals surface area contributed by atoms with Gasteiger partial charge in [0.05, 0.1) is 6.54 Å². The van der Waals surface area contributed by atoms with E-state index in [4.69, 9.17) is 0 Å². The number of aromatic nitrogens is 2. The van der Waals surface area contributed by atoms with Crippen molar-refractivity contribution in [3.63, 3.8) is 0 Å². The van der Waals surface area contributed by atoms with E-state index >= 15 is 0 Å². The first-order valence-corrected chi connectivity index (χ1v) is 9.85. The summed E-state index contributed by atoms with van der Waals surface area (Å²) in [6.07, 6.45) is 3.91. The van der Waals surface area contributed by atoms with Crippen molar-refractivity contribution in [2.45, 2.75) is 40.2 Å². The summed E-state index contributed by atoms with van der Waals surface area (Å²) in [5.74, 6) is 2.17. The molecule has 2 heterocycles. The molecule has 1 aromatic heterocycles. The molecule has 0 aromatic carbocycles. The highest BCUT2D eigenvalue weighted by atomic mass is 127.